The van der Waals surface area contributed by atoms with Crippen molar-refractivity contribution in [1.29, 1.82) is 0 Å². The van der Waals surface area contributed by atoms with Crippen LogP contribution < -0.4 is 0 Å². The van der Waals surface area contributed by atoms with Crippen LogP contribution in [-0.2, 0) is 15.3 Å². The zero-order valence-electron chi connectivity index (χ0n) is 27.4. The van der Waals surface area contributed by atoms with Gasteiger partial charge in [0, 0.05) is 4.92 Å². The van der Waals surface area contributed by atoms with E-state index in [1.54, 1.807) is 11.0 Å². The van der Waals surface area contributed by atoms with Gasteiger partial charge in [0.2, 0.25) is 0 Å². The zero-order valence-corrected chi connectivity index (χ0v) is 28.4. The van der Waals surface area contributed by atoms with E-state index in [1.165, 1.54) is 30.3 Å². The number of nitrogens with zero attached hydrogens (tertiary/aromatic N) is 3. The van der Waals surface area contributed by atoms with Crippen LogP contribution in [0.1, 0.15) is 11.4 Å². The van der Waals surface area contributed by atoms with Gasteiger partial charge in [0.1, 0.15) is 0 Å². The van der Waals surface area contributed by atoms with Crippen LogP contribution >= 0.6 is 0 Å². The van der Waals surface area contributed by atoms with Crippen LogP contribution in [-0.4, -0.2) is 26.3 Å². The molecular formula is C43H33CoN5O2-6. The molecule has 0 bridgehead atoms. The van der Waals surface area contributed by atoms with Gasteiger partial charge in [-0.25, -0.2) is 0 Å². The molecule has 7 nitrogen and oxygen atoms in total. The Balaban J connectivity index is 0.000000209. The van der Waals surface area contributed by atoms with E-state index < -0.39 is 4.92 Å². The van der Waals surface area contributed by atoms with Crippen molar-refractivity contribution in [2.75, 3.05) is 0 Å². The summed E-state index contributed by atoms with van der Waals surface area (Å²) in [4.78, 5) is 23.3. The van der Waals surface area contributed by atoms with Crippen molar-refractivity contribution in [2.24, 2.45) is 9.98 Å². The number of hydrogen-bond donors (Lipinski definition) is 1. The molecule has 51 heavy (non-hydrogen) atoms. The number of hydrogen-bond acceptors (Lipinski definition) is 4. The molecule has 257 valence electrons. The largest absolute Gasteiger partial charge is 0.184 e. The maximum Gasteiger partial charge on any atom is -0.171 e. The topological polar surface area (TPSA) is 107 Å². The van der Waals surface area contributed by atoms with E-state index in [1.807, 2.05) is 140 Å². The second kappa shape index (κ2) is 23.8. The molecule has 0 atom stereocenters. The number of nitro groups is 1. The van der Waals surface area contributed by atoms with Crippen molar-refractivity contribution in [2.45, 2.75) is 0 Å². The molecule has 7 rings (SSSR count). The number of benzene rings is 4. The van der Waals surface area contributed by atoms with Crippen molar-refractivity contribution in [3.05, 3.63) is 239 Å². The van der Waals surface area contributed by atoms with E-state index in [0.717, 1.165) is 34.2 Å². The molecule has 1 aromatic heterocycles. The summed E-state index contributed by atoms with van der Waals surface area (Å²) in [7, 11) is 0. The maximum atomic E-state index is 9.99. The van der Waals surface area contributed by atoms with Crippen molar-refractivity contribution >= 4 is 34.2 Å². The molecule has 3 heterocycles. The zero-order chi connectivity index (χ0) is 36.4. The number of nitrogens with one attached hydrogen (secondary N) is 2. The van der Waals surface area contributed by atoms with Crippen molar-refractivity contribution in [3.63, 3.8) is 0 Å². The molecule has 8 heteroatoms. The second-order valence-electron chi connectivity index (χ2n) is 9.86. The van der Waals surface area contributed by atoms with Crippen LogP contribution in [0.2, 0.25) is 0 Å². The maximum absolute atomic E-state index is 9.99. The fourth-order valence-electron chi connectivity index (χ4n) is 3.73. The van der Waals surface area contributed by atoms with Gasteiger partial charge in [0.25, 0.3) is 0 Å². The number of allylic oxidation sites excluding steroid dienone is 6. The monoisotopic (exact) mass is 710 g/mol. The van der Waals surface area contributed by atoms with Gasteiger partial charge in [0.05, 0.1) is 0 Å². The first-order valence-electron chi connectivity index (χ1n) is 15.4. The molecular weight excluding hydrogens is 677 g/mol. The predicted molar refractivity (Wildman–Crippen MR) is 205 cm³/mol. The summed E-state index contributed by atoms with van der Waals surface area (Å²) in [6, 6.07) is 49.8. The van der Waals surface area contributed by atoms with Crippen LogP contribution in [0.4, 0.5) is 5.69 Å². The quantitative estimate of drug-likeness (QED) is 0.0820. The number of rotatable bonds is 6. The van der Waals surface area contributed by atoms with Crippen LogP contribution in [0.3, 0.4) is 0 Å². The molecule has 0 saturated heterocycles. The molecule has 0 aliphatic carbocycles. The number of aromatic nitrogens is 1. The third-order valence-corrected chi connectivity index (χ3v) is 6.33. The summed E-state index contributed by atoms with van der Waals surface area (Å²) in [5.74, 6) is 0. The standard InChI is InChI=1S/C19H14N4.C6H4NO2.3C6H5.Co/c1-3-14(20)10-15-6-7-18(22-15)12-19-9-8-17(23-19)11-16-5-4-13(2)21-16;8-7(9)6-4-2-1-3-5-6;3*1-2-4-6-5-3-1;/h1-12,20,22H;2-5H;3*1-5H;/q-2;4*-1;. The summed E-state index contributed by atoms with van der Waals surface area (Å²) in [6.45, 7) is 5.30. The van der Waals surface area contributed by atoms with Crippen LogP contribution in [0, 0.1) is 41.0 Å². The summed E-state index contributed by atoms with van der Waals surface area (Å²) in [6.07, 6.45) is 14.5. The summed E-state index contributed by atoms with van der Waals surface area (Å²) < 4.78 is 0. The van der Waals surface area contributed by atoms with Gasteiger partial charge in [-0.3, -0.25) is 22.8 Å². The van der Waals surface area contributed by atoms with E-state index in [-0.39, 0.29) is 11.4 Å². The molecule has 2 N–H and O–H groups in total. The predicted octanol–water partition coefficient (Wildman–Crippen LogP) is 9.85. The van der Waals surface area contributed by atoms with E-state index >= 15 is 0 Å². The summed E-state index contributed by atoms with van der Waals surface area (Å²) in [5, 5.41) is 9.99. The van der Waals surface area contributed by atoms with Gasteiger partial charge in [-0.1, -0.05) is 12.1 Å². The fourth-order valence-corrected chi connectivity index (χ4v) is 3.90. The average molecular weight is 711 g/mol. The summed E-state index contributed by atoms with van der Waals surface area (Å²) >= 11 is 4.14. The Kier molecular flexibility index (Phi) is 18.2. The van der Waals surface area contributed by atoms with E-state index in [9.17, 15) is 10.1 Å². The number of non-ortho nitro benzene ring substituents is 1. The molecule has 0 radical (unpaired) electrons. The Morgan fingerprint density at radius 3 is 1.57 bits per heavy atom. The van der Waals surface area contributed by atoms with Crippen LogP contribution in [0.5, 0.6) is 0 Å². The second-order valence-corrected chi connectivity index (χ2v) is 10.2. The van der Waals surface area contributed by atoms with E-state index in [2.05, 4.69) is 54.5 Å². The van der Waals surface area contributed by atoms with E-state index in [0.29, 0.717) is 0 Å². The minimum atomic E-state index is -0.437. The van der Waals surface area contributed by atoms with Gasteiger partial charge >= 0.3 is 118 Å². The molecule has 5 aromatic rings. The van der Waals surface area contributed by atoms with Gasteiger partial charge in [-0.15, -0.1) is 6.08 Å². The van der Waals surface area contributed by atoms with Crippen LogP contribution in [0.15, 0.2) is 191 Å². The number of H-pyrrole nitrogens is 1. The molecule has 2 aliphatic rings. The third-order valence-electron chi connectivity index (χ3n) is 6.02. The van der Waals surface area contributed by atoms with Gasteiger partial charge in [-0.05, 0) is 0 Å². The number of aromatic amines is 1. The SMILES string of the molecule is O=[N+]([O-])c1cc[c-]cc1.[CH-]=CC([NH-])=Cc1ccc(C=C2C=CC(C=C3C=CC([CH]=[Co])=N3)=N2)[nH]1.[c-]1ccccc1.[c-]1ccccc1.[c-]1ccccc1. The molecule has 2 aliphatic heterocycles. The third kappa shape index (κ3) is 17.0. The summed E-state index contributed by atoms with van der Waals surface area (Å²) in [5.41, 5.74) is 13.0. The number of nitro benzene ring substituents is 1. The first kappa shape index (κ1) is 39.0. The van der Waals surface area contributed by atoms with Gasteiger partial charge < -0.3 is 11.4 Å². The number of aliphatic imine (C=N–C) groups is 2. The van der Waals surface area contributed by atoms with E-state index in [4.69, 9.17) is 12.3 Å². The van der Waals surface area contributed by atoms with Gasteiger partial charge in [0.15, 0.2) is 5.69 Å². The van der Waals surface area contributed by atoms with Crippen molar-refractivity contribution in [1.82, 2.24) is 4.98 Å². The smallest absolute Gasteiger partial charge is 0.171 e. The average Bonchev–Trinajstić information content (AvgIpc) is 3.97. The van der Waals surface area contributed by atoms with Crippen LogP contribution in [0.25, 0.3) is 17.9 Å². The molecule has 0 fully saturated rings. The molecule has 0 amide bonds. The van der Waals surface area contributed by atoms with Gasteiger partial charge in [-0.2, -0.15) is 127 Å². The first-order chi connectivity index (χ1) is 25.0. The molecule has 0 spiro atoms. The Bertz CT molecular complexity index is 1840. The molecule has 4 aromatic carbocycles. The Morgan fingerprint density at radius 2 is 1.16 bits per heavy atom. The minimum Gasteiger partial charge on any atom is -0.184 e. The Labute approximate surface area is 307 Å². The minimum absolute atomic E-state index is 0.105. The normalized spacial score (nSPS) is 13.8. The Morgan fingerprint density at radius 1 is 0.686 bits per heavy atom. The Hall–Kier alpha value is -6.48. The molecule has 0 saturated carbocycles. The fraction of sp³-hybridized carbons (Fsp3) is 0. The first-order valence-corrected chi connectivity index (χ1v) is 16.0. The van der Waals surface area contributed by atoms with Crippen molar-refractivity contribution < 1.29 is 20.2 Å². The molecule has 0 unspecified atom stereocenters. The van der Waals surface area contributed by atoms with Crippen molar-refractivity contribution in [3.8, 4) is 0 Å².